The van der Waals surface area contributed by atoms with Gasteiger partial charge in [-0.05, 0) is 49.7 Å². The minimum Gasteiger partial charge on any atom is -0.353 e. The molecule has 7 nitrogen and oxygen atoms in total. The van der Waals surface area contributed by atoms with Crippen LogP contribution in [0.3, 0.4) is 0 Å². The third-order valence-corrected chi connectivity index (χ3v) is 6.23. The average Bonchev–Trinajstić information content (AvgIpc) is 3.36. The number of halogens is 1. The molecule has 2 aliphatic rings. The minimum atomic E-state index is -0.378. The topological polar surface area (TPSA) is 60.8 Å². The van der Waals surface area contributed by atoms with Crippen molar-refractivity contribution in [1.82, 2.24) is 19.3 Å². The van der Waals surface area contributed by atoms with E-state index in [1.165, 1.54) is 17.8 Å². The Kier molecular flexibility index (Phi) is 6.67. The third kappa shape index (κ3) is 5.32. The van der Waals surface area contributed by atoms with Crippen LogP contribution in [0.5, 0.6) is 0 Å². The number of hydrogen-bond acceptors (Lipinski definition) is 4. The van der Waals surface area contributed by atoms with E-state index in [1.807, 2.05) is 9.80 Å². The van der Waals surface area contributed by atoms with E-state index in [4.69, 9.17) is 0 Å². The molecule has 2 aliphatic heterocycles. The fraction of sp³-hybridized carbons (Fsp3) is 0.478. The number of benzene rings is 1. The van der Waals surface area contributed by atoms with Gasteiger partial charge in [-0.1, -0.05) is 6.07 Å². The van der Waals surface area contributed by atoms with Crippen molar-refractivity contribution < 1.29 is 14.0 Å². The molecule has 2 amide bonds. The molecule has 1 aromatic heterocycles. The van der Waals surface area contributed by atoms with Crippen LogP contribution >= 0.6 is 0 Å². The molecule has 8 heteroatoms. The van der Waals surface area contributed by atoms with E-state index in [-0.39, 0.29) is 24.2 Å². The van der Waals surface area contributed by atoms with Crippen LogP contribution in [0.25, 0.3) is 0 Å². The number of anilines is 1. The van der Waals surface area contributed by atoms with Crippen molar-refractivity contribution in [2.24, 2.45) is 7.05 Å². The van der Waals surface area contributed by atoms with E-state index in [1.54, 1.807) is 12.1 Å². The van der Waals surface area contributed by atoms with Crippen molar-refractivity contribution in [3.8, 4) is 0 Å². The van der Waals surface area contributed by atoms with Gasteiger partial charge in [-0.25, -0.2) is 4.39 Å². The van der Waals surface area contributed by atoms with E-state index in [9.17, 15) is 14.0 Å². The molecule has 31 heavy (non-hydrogen) atoms. The highest BCUT2D eigenvalue weighted by atomic mass is 19.1. The molecule has 2 aromatic rings. The molecule has 0 bridgehead atoms. The number of piperazine rings is 1. The van der Waals surface area contributed by atoms with E-state index in [0.29, 0.717) is 44.5 Å². The van der Waals surface area contributed by atoms with E-state index >= 15 is 0 Å². The maximum absolute atomic E-state index is 13.3. The number of nitrogens with one attached hydrogen (secondary N) is 1. The van der Waals surface area contributed by atoms with Crippen LogP contribution < -0.4 is 5.32 Å². The summed E-state index contributed by atoms with van der Waals surface area (Å²) in [6.07, 6.45) is 4.24. The first-order valence-corrected chi connectivity index (χ1v) is 10.9. The molecule has 0 saturated carbocycles. The minimum absolute atomic E-state index is 0.157. The summed E-state index contributed by atoms with van der Waals surface area (Å²) in [6.45, 7) is 4.18. The van der Waals surface area contributed by atoms with Gasteiger partial charge in [0.15, 0.2) is 0 Å². The zero-order valence-electron chi connectivity index (χ0n) is 18.0. The number of likely N-dealkylation sites (tertiary alicyclic amines) is 1. The zero-order valence-corrected chi connectivity index (χ0v) is 18.0. The lowest BCUT2D eigenvalue weighted by molar-refractivity contribution is -0.134. The first-order valence-electron chi connectivity index (χ1n) is 10.9. The van der Waals surface area contributed by atoms with Gasteiger partial charge in [-0.15, -0.1) is 0 Å². The summed E-state index contributed by atoms with van der Waals surface area (Å²) in [4.78, 5) is 31.4. The van der Waals surface area contributed by atoms with Crippen molar-refractivity contribution in [3.63, 3.8) is 0 Å². The second-order valence-corrected chi connectivity index (χ2v) is 8.39. The van der Waals surface area contributed by atoms with Gasteiger partial charge in [-0.3, -0.25) is 19.4 Å². The van der Waals surface area contributed by atoms with Crippen molar-refractivity contribution in [2.75, 3.05) is 51.1 Å². The van der Waals surface area contributed by atoms with Gasteiger partial charge < -0.3 is 14.8 Å². The van der Waals surface area contributed by atoms with Crippen molar-refractivity contribution in [3.05, 3.63) is 54.1 Å². The van der Waals surface area contributed by atoms with Crippen LogP contribution in [0.1, 0.15) is 24.6 Å². The molecular weight excluding hydrogens is 397 g/mol. The normalized spacial score (nSPS) is 20.2. The molecule has 1 atom stereocenters. The zero-order chi connectivity index (χ0) is 21.8. The molecule has 0 unspecified atom stereocenters. The molecule has 2 fully saturated rings. The van der Waals surface area contributed by atoms with Crippen LogP contribution in [0.15, 0.2) is 42.6 Å². The van der Waals surface area contributed by atoms with Crippen molar-refractivity contribution >= 4 is 17.5 Å². The van der Waals surface area contributed by atoms with Gasteiger partial charge in [0.1, 0.15) is 5.82 Å². The summed E-state index contributed by atoms with van der Waals surface area (Å²) in [5.41, 5.74) is 1.72. The summed E-state index contributed by atoms with van der Waals surface area (Å²) in [6, 6.07) is 10.4. The number of carbonyl (C=O) groups is 2. The summed E-state index contributed by atoms with van der Waals surface area (Å²) >= 11 is 0. The standard InChI is InChI=1S/C23H30FN5O2/c1-26-9-3-7-20(26)21-8-4-10-29(21)17-23(31)28-13-11-27(12-14-28)16-22(30)25-19-6-2-5-18(24)15-19/h2-3,5-7,9,15,21H,4,8,10-14,16-17H2,1H3,(H,25,30)/t21-/m1/s1. The summed E-state index contributed by atoms with van der Waals surface area (Å²) < 4.78 is 15.4. The fourth-order valence-corrected chi connectivity index (χ4v) is 4.57. The number of aryl methyl sites for hydroxylation is 1. The number of hydrogen-bond donors (Lipinski definition) is 1. The quantitative estimate of drug-likeness (QED) is 0.767. The molecule has 0 aliphatic carbocycles. The molecule has 1 N–H and O–H groups in total. The first-order chi connectivity index (χ1) is 15.0. The van der Waals surface area contributed by atoms with Crippen LogP contribution in [-0.4, -0.2) is 76.9 Å². The summed E-state index contributed by atoms with van der Waals surface area (Å²) in [7, 11) is 2.05. The summed E-state index contributed by atoms with van der Waals surface area (Å²) in [5.74, 6) is -0.393. The lowest BCUT2D eigenvalue weighted by Crippen LogP contribution is -2.52. The van der Waals surface area contributed by atoms with Gasteiger partial charge in [-0.2, -0.15) is 0 Å². The highest BCUT2D eigenvalue weighted by molar-refractivity contribution is 5.92. The van der Waals surface area contributed by atoms with Crippen LogP contribution in [0.4, 0.5) is 10.1 Å². The Morgan fingerprint density at radius 3 is 2.58 bits per heavy atom. The highest BCUT2D eigenvalue weighted by Crippen LogP contribution is 2.31. The maximum atomic E-state index is 13.3. The predicted molar refractivity (Wildman–Crippen MR) is 117 cm³/mol. The second-order valence-electron chi connectivity index (χ2n) is 8.39. The fourth-order valence-electron chi connectivity index (χ4n) is 4.57. The smallest absolute Gasteiger partial charge is 0.238 e. The number of aromatic nitrogens is 1. The van der Waals surface area contributed by atoms with Crippen LogP contribution in [0, 0.1) is 5.82 Å². The van der Waals surface area contributed by atoms with Gasteiger partial charge in [0.05, 0.1) is 19.1 Å². The Labute approximate surface area is 182 Å². The number of amides is 2. The Morgan fingerprint density at radius 2 is 1.87 bits per heavy atom. The highest BCUT2D eigenvalue weighted by Gasteiger charge is 2.31. The largest absolute Gasteiger partial charge is 0.353 e. The van der Waals surface area contributed by atoms with Gasteiger partial charge in [0, 0.05) is 50.8 Å². The second kappa shape index (κ2) is 9.62. The molecule has 0 radical (unpaired) electrons. The van der Waals surface area contributed by atoms with Gasteiger partial charge >= 0.3 is 0 Å². The van der Waals surface area contributed by atoms with E-state index in [2.05, 4.69) is 40.2 Å². The lowest BCUT2D eigenvalue weighted by Gasteiger charge is -2.35. The monoisotopic (exact) mass is 427 g/mol. The van der Waals surface area contributed by atoms with Gasteiger partial charge in [0.25, 0.3) is 0 Å². The molecule has 0 spiro atoms. The number of nitrogens with zero attached hydrogens (tertiary/aromatic N) is 4. The third-order valence-electron chi connectivity index (χ3n) is 6.23. The van der Waals surface area contributed by atoms with Crippen LogP contribution in [-0.2, 0) is 16.6 Å². The molecular formula is C23H30FN5O2. The van der Waals surface area contributed by atoms with Crippen LogP contribution in [0.2, 0.25) is 0 Å². The predicted octanol–water partition coefficient (Wildman–Crippen LogP) is 2.08. The van der Waals surface area contributed by atoms with Gasteiger partial charge in [0.2, 0.25) is 11.8 Å². The van der Waals surface area contributed by atoms with E-state index in [0.717, 1.165) is 19.4 Å². The molecule has 1 aromatic carbocycles. The molecule has 166 valence electrons. The number of rotatable bonds is 6. The first kappa shape index (κ1) is 21.5. The maximum Gasteiger partial charge on any atom is 0.238 e. The van der Waals surface area contributed by atoms with Crippen molar-refractivity contribution in [2.45, 2.75) is 18.9 Å². The Balaban J connectivity index is 1.23. The van der Waals surface area contributed by atoms with E-state index < -0.39 is 0 Å². The Bertz CT molecular complexity index is 922. The Hall–Kier alpha value is -2.71. The molecule has 4 rings (SSSR count). The summed E-state index contributed by atoms with van der Waals surface area (Å²) in [5, 5.41) is 2.73. The molecule has 3 heterocycles. The molecule has 2 saturated heterocycles. The SMILES string of the molecule is Cn1cccc1[C@H]1CCCN1CC(=O)N1CCN(CC(=O)Nc2cccc(F)c2)CC1. The lowest BCUT2D eigenvalue weighted by atomic mass is 10.1. The number of carbonyl (C=O) groups excluding carboxylic acids is 2. The van der Waals surface area contributed by atoms with Crippen molar-refractivity contribution in [1.29, 1.82) is 0 Å². The Morgan fingerprint density at radius 1 is 1.06 bits per heavy atom. The average molecular weight is 428 g/mol.